The quantitative estimate of drug-likeness (QED) is 0.735. The van der Waals surface area contributed by atoms with E-state index >= 15 is 0 Å². The Morgan fingerprint density at radius 1 is 1.24 bits per heavy atom. The average Bonchev–Trinajstić information content (AvgIpc) is 2.18. The molecule has 1 saturated heterocycles. The summed E-state index contributed by atoms with van der Waals surface area (Å²) >= 11 is 0. The van der Waals surface area contributed by atoms with E-state index in [2.05, 4.69) is 0 Å². The molecule has 3 N–H and O–H groups in total. The first-order chi connectivity index (χ1) is 7.83. The van der Waals surface area contributed by atoms with Gasteiger partial charge < -0.3 is 10.8 Å². The molecule has 0 bridgehead atoms. The lowest BCUT2D eigenvalue weighted by atomic mass is 10.1. The molecule has 2 atom stereocenters. The van der Waals surface area contributed by atoms with Crippen molar-refractivity contribution in [2.75, 3.05) is 39.3 Å². The number of nitrogens with zero attached hydrogens (tertiary/aromatic N) is 2. The third-order valence-corrected chi connectivity index (χ3v) is 3.07. The van der Waals surface area contributed by atoms with Crippen molar-refractivity contribution in [2.24, 2.45) is 5.73 Å². The van der Waals surface area contributed by atoms with E-state index in [4.69, 9.17) is 5.73 Å². The Bertz CT molecular complexity index is 227. The number of rotatable bonds is 4. The summed E-state index contributed by atoms with van der Waals surface area (Å²) in [6.07, 6.45) is -4.14. The first-order valence-corrected chi connectivity index (χ1v) is 5.73. The van der Waals surface area contributed by atoms with Crippen LogP contribution in [-0.4, -0.2) is 72.5 Å². The highest BCUT2D eigenvalue weighted by Gasteiger charge is 2.33. The SMILES string of the molecule is CC(N)C(CO)N1CCN(CC(F)(F)F)CC1. The summed E-state index contributed by atoms with van der Waals surface area (Å²) < 4.78 is 36.5. The molecule has 1 rings (SSSR count). The predicted octanol–water partition coefficient (Wildman–Crippen LogP) is -0.126. The maximum absolute atomic E-state index is 12.2. The summed E-state index contributed by atoms with van der Waals surface area (Å²) in [5.74, 6) is 0. The lowest BCUT2D eigenvalue weighted by Gasteiger charge is -2.40. The van der Waals surface area contributed by atoms with Gasteiger partial charge >= 0.3 is 6.18 Å². The van der Waals surface area contributed by atoms with Gasteiger partial charge in [-0.05, 0) is 6.92 Å². The van der Waals surface area contributed by atoms with E-state index in [-0.39, 0.29) is 18.7 Å². The first-order valence-electron chi connectivity index (χ1n) is 5.73. The molecule has 0 saturated carbocycles. The van der Waals surface area contributed by atoms with Crippen molar-refractivity contribution in [3.05, 3.63) is 0 Å². The molecule has 4 nitrogen and oxygen atoms in total. The maximum Gasteiger partial charge on any atom is 0.401 e. The van der Waals surface area contributed by atoms with Crippen LogP contribution in [0, 0.1) is 0 Å². The van der Waals surface area contributed by atoms with Crippen LogP contribution in [0.15, 0.2) is 0 Å². The van der Waals surface area contributed by atoms with Crippen molar-refractivity contribution >= 4 is 0 Å². The zero-order valence-electron chi connectivity index (χ0n) is 9.95. The van der Waals surface area contributed by atoms with Gasteiger partial charge in [-0.25, -0.2) is 0 Å². The van der Waals surface area contributed by atoms with E-state index in [1.165, 1.54) is 4.90 Å². The second kappa shape index (κ2) is 5.99. The number of piperazine rings is 1. The number of hydrogen-bond acceptors (Lipinski definition) is 4. The van der Waals surface area contributed by atoms with Crippen LogP contribution in [0.5, 0.6) is 0 Å². The summed E-state index contributed by atoms with van der Waals surface area (Å²) in [5.41, 5.74) is 5.72. The van der Waals surface area contributed by atoms with E-state index in [9.17, 15) is 18.3 Å². The Kier molecular flexibility index (Phi) is 5.18. The molecule has 0 aromatic rings. The van der Waals surface area contributed by atoms with Crippen molar-refractivity contribution in [1.29, 1.82) is 0 Å². The lowest BCUT2D eigenvalue weighted by Crippen LogP contribution is -2.57. The van der Waals surface area contributed by atoms with E-state index in [0.717, 1.165) is 0 Å². The van der Waals surface area contributed by atoms with Gasteiger partial charge in [-0.1, -0.05) is 0 Å². The van der Waals surface area contributed by atoms with Gasteiger partial charge in [-0.3, -0.25) is 9.80 Å². The van der Waals surface area contributed by atoms with E-state index in [1.54, 1.807) is 6.92 Å². The number of halogens is 3. The van der Waals surface area contributed by atoms with Crippen LogP contribution >= 0.6 is 0 Å². The van der Waals surface area contributed by atoms with Crippen LogP contribution in [-0.2, 0) is 0 Å². The fraction of sp³-hybridized carbons (Fsp3) is 1.00. The number of hydrogen-bond donors (Lipinski definition) is 2. The van der Waals surface area contributed by atoms with Gasteiger partial charge in [-0.15, -0.1) is 0 Å². The van der Waals surface area contributed by atoms with Gasteiger partial charge in [0, 0.05) is 38.3 Å². The maximum atomic E-state index is 12.2. The van der Waals surface area contributed by atoms with Crippen LogP contribution in [0.1, 0.15) is 6.92 Å². The molecule has 7 heteroatoms. The highest BCUT2D eigenvalue weighted by Crippen LogP contribution is 2.18. The standard InChI is InChI=1S/C10H20F3N3O/c1-8(14)9(6-17)16-4-2-15(3-5-16)7-10(11,12)13/h8-9,17H,2-7,14H2,1H3. The Morgan fingerprint density at radius 2 is 1.76 bits per heavy atom. The van der Waals surface area contributed by atoms with Crippen molar-refractivity contribution in [1.82, 2.24) is 9.80 Å². The molecule has 1 heterocycles. The third-order valence-electron chi connectivity index (χ3n) is 3.07. The van der Waals surface area contributed by atoms with Crippen LogP contribution in [0.25, 0.3) is 0 Å². The molecule has 0 amide bonds. The summed E-state index contributed by atoms with van der Waals surface area (Å²) in [7, 11) is 0. The molecule has 1 aliphatic rings. The summed E-state index contributed by atoms with van der Waals surface area (Å²) in [4.78, 5) is 3.34. The Labute approximate surface area is 99.2 Å². The molecule has 0 radical (unpaired) electrons. The van der Waals surface area contributed by atoms with Gasteiger partial charge in [0.05, 0.1) is 13.2 Å². The smallest absolute Gasteiger partial charge is 0.395 e. The minimum atomic E-state index is -4.14. The first kappa shape index (κ1) is 14.7. The van der Waals surface area contributed by atoms with Crippen molar-refractivity contribution in [3.8, 4) is 0 Å². The molecule has 102 valence electrons. The van der Waals surface area contributed by atoms with E-state index in [0.29, 0.717) is 26.2 Å². The fourth-order valence-corrected chi connectivity index (χ4v) is 2.12. The van der Waals surface area contributed by atoms with Crippen LogP contribution in [0.2, 0.25) is 0 Å². The van der Waals surface area contributed by atoms with Crippen LogP contribution in [0.4, 0.5) is 13.2 Å². The minimum Gasteiger partial charge on any atom is -0.395 e. The number of nitrogens with two attached hydrogens (primary N) is 1. The van der Waals surface area contributed by atoms with Crippen molar-refractivity contribution < 1.29 is 18.3 Å². The largest absolute Gasteiger partial charge is 0.401 e. The molecule has 1 fully saturated rings. The molecule has 17 heavy (non-hydrogen) atoms. The summed E-state index contributed by atoms with van der Waals surface area (Å²) in [5, 5.41) is 9.19. The second-order valence-corrected chi connectivity index (χ2v) is 4.54. The number of alkyl halides is 3. The average molecular weight is 255 g/mol. The minimum absolute atomic E-state index is 0.0586. The molecule has 0 aromatic heterocycles. The predicted molar refractivity (Wildman–Crippen MR) is 58.6 cm³/mol. The number of aliphatic hydroxyl groups is 1. The normalized spacial score (nSPS) is 23.6. The molecule has 1 aliphatic heterocycles. The fourth-order valence-electron chi connectivity index (χ4n) is 2.12. The third kappa shape index (κ3) is 4.79. The number of aliphatic hydroxyl groups excluding tert-OH is 1. The van der Waals surface area contributed by atoms with E-state index in [1.807, 2.05) is 4.90 Å². The van der Waals surface area contributed by atoms with Crippen LogP contribution < -0.4 is 5.73 Å². The highest BCUT2D eigenvalue weighted by atomic mass is 19.4. The highest BCUT2D eigenvalue weighted by molar-refractivity contribution is 4.83. The van der Waals surface area contributed by atoms with Crippen molar-refractivity contribution in [3.63, 3.8) is 0 Å². The molecule has 2 unspecified atom stereocenters. The van der Waals surface area contributed by atoms with Gasteiger partial charge in [0.15, 0.2) is 0 Å². The molecule has 0 aromatic carbocycles. The van der Waals surface area contributed by atoms with Crippen LogP contribution in [0.3, 0.4) is 0 Å². The summed E-state index contributed by atoms with van der Waals surface area (Å²) in [6.45, 7) is 2.64. The monoisotopic (exact) mass is 255 g/mol. The van der Waals surface area contributed by atoms with Gasteiger partial charge in [0.25, 0.3) is 0 Å². The topological polar surface area (TPSA) is 52.7 Å². The Morgan fingerprint density at radius 3 is 2.12 bits per heavy atom. The van der Waals surface area contributed by atoms with Gasteiger partial charge in [0.1, 0.15) is 0 Å². The van der Waals surface area contributed by atoms with E-state index < -0.39 is 12.7 Å². The second-order valence-electron chi connectivity index (χ2n) is 4.54. The molecular formula is C10H20F3N3O. The van der Waals surface area contributed by atoms with Gasteiger partial charge in [-0.2, -0.15) is 13.2 Å². The Balaban J connectivity index is 2.40. The Hall–Kier alpha value is -0.370. The lowest BCUT2D eigenvalue weighted by molar-refractivity contribution is -0.150. The summed E-state index contributed by atoms with van der Waals surface area (Å²) in [6, 6.07) is -0.350. The molecular weight excluding hydrogens is 235 g/mol. The molecule has 0 aliphatic carbocycles. The zero-order valence-corrected chi connectivity index (χ0v) is 9.95. The van der Waals surface area contributed by atoms with Crippen molar-refractivity contribution in [2.45, 2.75) is 25.2 Å². The molecule has 0 spiro atoms. The van der Waals surface area contributed by atoms with Gasteiger partial charge in [0.2, 0.25) is 0 Å². The zero-order chi connectivity index (χ0) is 13.1.